The number of nitrogens with two attached hydrogens (primary N) is 1. The number of aromatic nitrogens is 2. The van der Waals surface area contributed by atoms with Gasteiger partial charge in [0, 0.05) is 30.4 Å². The molecule has 2 heterocycles. The number of rotatable bonds is 3. The van der Waals surface area contributed by atoms with E-state index in [0.29, 0.717) is 12.4 Å². The quantitative estimate of drug-likeness (QED) is 0.777. The second-order valence-corrected chi connectivity index (χ2v) is 4.13. The fraction of sp³-hybridized carbons (Fsp3) is 0.0667. The van der Waals surface area contributed by atoms with Gasteiger partial charge in [-0.3, -0.25) is 4.98 Å². The maximum atomic E-state index is 5.83. The minimum absolute atomic E-state index is 0.468. The summed E-state index contributed by atoms with van der Waals surface area (Å²) in [4.78, 5) is 8.49. The molecule has 0 aliphatic rings. The summed E-state index contributed by atoms with van der Waals surface area (Å²) in [7, 11) is 0. The largest absolute Gasteiger partial charge is 0.438 e. The first-order chi connectivity index (χ1) is 9.36. The Morgan fingerprint density at radius 2 is 1.95 bits per heavy atom. The zero-order valence-corrected chi connectivity index (χ0v) is 10.3. The fourth-order valence-electron chi connectivity index (χ4n) is 1.91. The number of pyridine rings is 2. The summed E-state index contributed by atoms with van der Waals surface area (Å²) in [6.45, 7) is 0.468. The van der Waals surface area contributed by atoms with Gasteiger partial charge in [0.1, 0.15) is 5.75 Å². The maximum absolute atomic E-state index is 5.83. The highest BCUT2D eigenvalue weighted by Gasteiger charge is 2.04. The van der Waals surface area contributed by atoms with E-state index < -0.39 is 0 Å². The number of hydrogen-bond acceptors (Lipinski definition) is 4. The molecule has 0 saturated carbocycles. The van der Waals surface area contributed by atoms with Crippen LogP contribution in [0.5, 0.6) is 11.6 Å². The molecule has 0 unspecified atom stereocenters. The van der Waals surface area contributed by atoms with E-state index in [1.807, 2.05) is 42.5 Å². The molecule has 0 fully saturated rings. The van der Waals surface area contributed by atoms with Crippen molar-refractivity contribution in [3.05, 3.63) is 60.4 Å². The van der Waals surface area contributed by atoms with E-state index in [-0.39, 0.29) is 0 Å². The highest BCUT2D eigenvalue weighted by Crippen LogP contribution is 2.27. The van der Waals surface area contributed by atoms with Gasteiger partial charge in [-0.05, 0) is 35.9 Å². The molecule has 1 aromatic carbocycles. The van der Waals surface area contributed by atoms with E-state index in [4.69, 9.17) is 10.5 Å². The van der Waals surface area contributed by atoms with Crippen LogP contribution in [0.4, 0.5) is 0 Å². The SMILES string of the molecule is NCc1ccnc(Oc2cccc3ncccc23)c1. The van der Waals surface area contributed by atoms with E-state index >= 15 is 0 Å². The van der Waals surface area contributed by atoms with E-state index in [1.165, 1.54) is 0 Å². The molecule has 4 heteroatoms. The van der Waals surface area contributed by atoms with Crippen LogP contribution in [0.3, 0.4) is 0 Å². The Balaban J connectivity index is 2.01. The lowest BCUT2D eigenvalue weighted by molar-refractivity contribution is 0.467. The Kier molecular flexibility index (Phi) is 3.08. The monoisotopic (exact) mass is 251 g/mol. The molecule has 0 spiro atoms. The minimum atomic E-state index is 0.468. The summed E-state index contributed by atoms with van der Waals surface area (Å²) in [5.74, 6) is 1.28. The summed E-state index contributed by atoms with van der Waals surface area (Å²) in [6.07, 6.45) is 3.46. The van der Waals surface area contributed by atoms with Crippen molar-refractivity contribution in [2.45, 2.75) is 6.54 Å². The molecule has 94 valence electrons. The molecule has 3 rings (SSSR count). The van der Waals surface area contributed by atoms with Crippen molar-refractivity contribution in [1.82, 2.24) is 9.97 Å². The zero-order chi connectivity index (χ0) is 13.1. The van der Waals surface area contributed by atoms with Gasteiger partial charge < -0.3 is 10.5 Å². The van der Waals surface area contributed by atoms with Crippen LogP contribution in [-0.4, -0.2) is 9.97 Å². The van der Waals surface area contributed by atoms with Gasteiger partial charge in [0.2, 0.25) is 5.88 Å². The van der Waals surface area contributed by atoms with Gasteiger partial charge in [-0.25, -0.2) is 4.98 Å². The zero-order valence-electron chi connectivity index (χ0n) is 10.3. The van der Waals surface area contributed by atoms with Crippen LogP contribution in [0.15, 0.2) is 54.9 Å². The molecule has 0 atom stereocenters. The first-order valence-electron chi connectivity index (χ1n) is 6.03. The second kappa shape index (κ2) is 5.04. The second-order valence-electron chi connectivity index (χ2n) is 4.13. The smallest absolute Gasteiger partial charge is 0.219 e. The third-order valence-corrected chi connectivity index (χ3v) is 2.86. The van der Waals surface area contributed by atoms with Gasteiger partial charge in [0.05, 0.1) is 5.52 Å². The predicted octanol–water partition coefficient (Wildman–Crippen LogP) is 2.88. The summed E-state index contributed by atoms with van der Waals surface area (Å²) in [5.41, 5.74) is 7.50. The van der Waals surface area contributed by atoms with Gasteiger partial charge in [-0.15, -0.1) is 0 Å². The van der Waals surface area contributed by atoms with E-state index in [1.54, 1.807) is 12.4 Å². The highest BCUT2D eigenvalue weighted by molar-refractivity contribution is 5.85. The van der Waals surface area contributed by atoms with Crippen molar-refractivity contribution in [2.24, 2.45) is 5.73 Å². The van der Waals surface area contributed by atoms with Crippen molar-refractivity contribution in [3.8, 4) is 11.6 Å². The first kappa shape index (κ1) is 11.6. The van der Waals surface area contributed by atoms with E-state index in [9.17, 15) is 0 Å². The number of benzene rings is 1. The molecule has 0 saturated heterocycles. The molecule has 2 N–H and O–H groups in total. The molecule has 4 nitrogen and oxygen atoms in total. The number of ether oxygens (including phenoxy) is 1. The van der Waals surface area contributed by atoms with E-state index in [2.05, 4.69) is 9.97 Å². The lowest BCUT2D eigenvalue weighted by atomic mass is 10.2. The predicted molar refractivity (Wildman–Crippen MR) is 73.9 cm³/mol. The Hall–Kier alpha value is -2.46. The third kappa shape index (κ3) is 2.39. The lowest BCUT2D eigenvalue weighted by Gasteiger charge is -2.08. The number of hydrogen-bond donors (Lipinski definition) is 1. The van der Waals surface area contributed by atoms with Crippen LogP contribution < -0.4 is 10.5 Å². The van der Waals surface area contributed by atoms with Gasteiger partial charge in [-0.2, -0.15) is 0 Å². The van der Waals surface area contributed by atoms with Crippen molar-refractivity contribution in [1.29, 1.82) is 0 Å². The lowest BCUT2D eigenvalue weighted by Crippen LogP contribution is -1.97. The van der Waals surface area contributed by atoms with Crippen LogP contribution in [0.2, 0.25) is 0 Å². The maximum Gasteiger partial charge on any atom is 0.219 e. The van der Waals surface area contributed by atoms with Gasteiger partial charge in [-0.1, -0.05) is 6.07 Å². The van der Waals surface area contributed by atoms with Crippen LogP contribution in [0.1, 0.15) is 5.56 Å². The van der Waals surface area contributed by atoms with Gasteiger partial charge in [0.15, 0.2) is 0 Å². The molecule has 0 amide bonds. The van der Waals surface area contributed by atoms with Gasteiger partial charge >= 0.3 is 0 Å². The summed E-state index contributed by atoms with van der Waals surface area (Å²) >= 11 is 0. The molecule has 0 aliphatic carbocycles. The van der Waals surface area contributed by atoms with Crippen molar-refractivity contribution in [2.75, 3.05) is 0 Å². The highest BCUT2D eigenvalue weighted by atomic mass is 16.5. The number of fused-ring (bicyclic) bond motifs is 1. The molecule has 19 heavy (non-hydrogen) atoms. The Morgan fingerprint density at radius 1 is 1.00 bits per heavy atom. The van der Waals surface area contributed by atoms with Crippen molar-refractivity contribution < 1.29 is 4.74 Å². The molecule has 2 aromatic heterocycles. The summed E-state index contributed by atoms with van der Waals surface area (Å²) < 4.78 is 5.83. The van der Waals surface area contributed by atoms with E-state index in [0.717, 1.165) is 22.2 Å². The normalized spacial score (nSPS) is 10.6. The van der Waals surface area contributed by atoms with Crippen LogP contribution in [0, 0.1) is 0 Å². The molecule has 0 radical (unpaired) electrons. The van der Waals surface area contributed by atoms with Crippen LogP contribution >= 0.6 is 0 Å². The third-order valence-electron chi connectivity index (χ3n) is 2.86. The summed E-state index contributed by atoms with van der Waals surface area (Å²) in [5, 5.41) is 0.963. The minimum Gasteiger partial charge on any atom is -0.438 e. The van der Waals surface area contributed by atoms with Crippen LogP contribution in [0.25, 0.3) is 10.9 Å². The average Bonchev–Trinajstić information content (AvgIpc) is 2.48. The number of nitrogens with zero attached hydrogens (tertiary/aromatic N) is 2. The average molecular weight is 251 g/mol. The molecule has 3 aromatic rings. The molecule has 0 bridgehead atoms. The Labute approximate surface area is 110 Å². The van der Waals surface area contributed by atoms with Crippen molar-refractivity contribution in [3.63, 3.8) is 0 Å². The molecule has 0 aliphatic heterocycles. The van der Waals surface area contributed by atoms with Crippen molar-refractivity contribution >= 4 is 10.9 Å². The standard InChI is InChI=1S/C15H13N3O/c16-10-11-6-8-18-15(9-11)19-14-5-1-4-13-12(14)3-2-7-17-13/h1-9H,10,16H2. The van der Waals surface area contributed by atoms with Gasteiger partial charge in [0.25, 0.3) is 0 Å². The first-order valence-corrected chi connectivity index (χ1v) is 6.03. The van der Waals surface area contributed by atoms with Crippen LogP contribution in [-0.2, 0) is 6.54 Å². The Bertz CT molecular complexity index is 707. The fourth-order valence-corrected chi connectivity index (χ4v) is 1.91. The molecular weight excluding hydrogens is 238 g/mol. The topological polar surface area (TPSA) is 61.0 Å². The Morgan fingerprint density at radius 3 is 2.84 bits per heavy atom. The molecular formula is C15H13N3O. The summed E-state index contributed by atoms with van der Waals surface area (Å²) in [6, 6.07) is 13.3.